The van der Waals surface area contributed by atoms with E-state index in [9.17, 15) is 4.79 Å². The van der Waals surface area contributed by atoms with E-state index >= 15 is 0 Å². The van der Waals surface area contributed by atoms with Gasteiger partial charge in [-0.3, -0.25) is 14.6 Å². The molecule has 0 spiro atoms. The van der Waals surface area contributed by atoms with Gasteiger partial charge in [-0.05, 0) is 6.07 Å². The molecule has 0 saturated carbocycles. The number of aryl methyl sites for hydroxylation is 1. The van der Waals surface area contributed by atoms with Crippen molar-refractivity contribution in [2.24, 2.45) is 7.05 Å². The summed E-state index contributed by atoms with van der Waals surface area (Å²) in [6, 6.07) is 1.81. The lowest BCUT2D eigenvalue weighted by molar-refractivity contribution is 0.0940. The maximum Gasteiger partial charge on any atom is 0.288 e. The molecule has 84 valence electrons. The summed E-state index contributed by atoms with van der Waals surface area (Å²) in [7, 11) is 1.80. The van der Waals surface area contributed by atoms with Crippen LogP contribution in [0.5, 0.6) is 0 Å². The summed E-state index contributed by atoms with van der Waals surface area (Å²) in [6.07, 6.45) is 1.66. The Kier molecular flexibility index (Phi) is 2.54. The minimum absolute atomic E-state index is 0.0469. The summed E-state index contributed by atoms with van der Waals surface area (Å²) in [4.78, 5) is 15.2. The zero-order valence-electron chi connectivity index (χ0n) is 8.64. The van der Waals surface area contributed by atoms with Gasteiger partial charge in [0.1, 0.15) is 0 Å². The number of nitrogens with zero attached hydrogens (tertiary/aromatic N) is 4. The second kappa shape index (κ2) is 4.01. The number of nitrogens with two attached hydrogens (primary N) is 1. The molecule has 0 fully saturated rings. The Bertz CT molecular complexity index is 500. The van der Waals surface area contributed by atoms with Crippen molar-refractivity contribution in [3.05, 3.63) is 23.8 Å². The van der Waals surface area contributed by atoms with E-state index in [1.807, 2.05) is 6.07 Å². The van der Waals surface area contributed by atoms with E-state index in [1.165, 1.54) is 0 Å². The SMILES string of the molecule is Cn1nccc1CNC(=O)c1nc(N)n[nH]1. The molecule has 0 unspecified atom stereocenters. The molecular formula is C8H11N7O. The molecule has 8 heteroatoms. The molecule has 0 radical (unpaired) electrons. The minimum Gasteiger partial charge on any atom is -0.366 e. The minimum atomic E-state index is -0.356. The first-order valence-corrected chi connectivity index (χ1v) is 4.60. The maximum atomic E-state index is 11.5. The number of carbonyl (C=O) groups is 1. The van der Waals surface area contributed by atoms with Crippen molar-refractivity contribution >= 4 is 11.9 Å². The van der Waals surface area contributed by atoms with Gasteiger partial charge in [-0.25, -0.2) is 0 Å². The summed E-state index contributed by atoms with van der Waals surface area (Å²) in [5, 5.41) is 12.6. The number of rotatable bonds is 3. The molecule has 0 bridgehead atoms. The fourth-order valence-corrected chi connectivity index (χ4v) is 1.21. The van der Waals surface area contributed by atoms with Crippen molar-refractivity contribution in [2.75, 3.05) is 5.73 Å². The van der Waals surface area contributed by atoms with E-state index in [0.717, 1.165) is 5.69 Å². The first-order valence-electron chi connectivity index (χ1n) is 4.60. The molecule has 2 aromatic rings. The Hall–Kier alpha value is -2.38. The highest BCUT2D eigenvalue weighted by molar-refractivity contribution is 5.90. The molecule has 0 aliphatic heterocycles. The summed E-state index contributed by atoms with van der Waals surface area (Å²) in [6.45, 7) is 0.371. The first kappa shape index (κ1) is 10.1. The molecule has 0 aromatic carbocycles. The zero-order chi connectivity index (χ0) is 11.5. The molecule has 4 N–H and O–H groups in total. The predicted molar refractivity (Wildman–Crippen MR) is 55.2 cm³/mol. The summed E-state index contributed by atoms with van der Waals surface area (Å²) in [5.74, 6) is -0.212. The third kappa shape index (κ3) is 2.00. The molecule has 16 heavy (non-hydrogen) atoms. The fourth-order valence-electron chi connectivity index (χ4n) is 1.21. The summed E-state index contributed by atoms with van der Waals surface area (Å²) in [5.41, 5.74) is 6.17. The number of nitrogens with one attached hydrogen (secondary N) is 2. The number of carbonyl (C=O) groups excluding carboxylic acids is 1. The van der Waals surface area contributed by atoms with E-state index in [0.29, 0.717) is 6.54 Å². The molecular weight excluding hydrogens is 210 g/mol. The number of aromatic nitrogens is 5. The van der Waals surface area contributed by atoms with Crippen molar-refractivity contribution in [3.63, 3.8) is 0 Å². The monoisotopic (exact) mass is 221 g/mol. The summed E-state index contributed by atoms with van der Waals surface area (Å²) < 4.78 is 1.68. The lowest BCUT2D eigenvalue weighted by Crippen LogP contribution is -2.25. The van der Waals surface area contributed by atoms with Gasteiger partial charge in [0, 0.05) is 13.2 Å². The zero-order valence-corrected chi connectivity index (χ0v) is 8.64. The molecule has 0 atom stereocenters. The lowest BCUT2D eigenvalue weighted by Gasteiger charge is -2.02. The second-order valence-corrected chi connectivity index (χ2v) is 3.17. The van der Waals surface area contributed by atoms with Gasteiger partial charge in [0.15, 0.2) is 0 Å². The van der Waals surface area contributed by atoms with Gasteiger partial charge in [0.05, 0.1) is 12.2 Å². The van der Waals surface area contributed by atoms with Crippen LogP contribution in [0.2, 0.25) is 0 Å². The van der Waals surface area contributed by atoms with Gasteiger partial charge >= 0.3 is 0 Å². The van der Waals surface area contributed by atoms with Crippen molar-refractivity contribution in [3.8, 4) is 0 Å². The van der Waals surface area contributed by atoms with Crippen LogP contribution in [0.15, 0.2) is 12.3 Å². The highest BCUT2D eigenvalue weighted by atomic mass is 16.2. The van der Waals surface area contributed by atoms with Gasteiger partial charge < -0.3 is 11.1 Å². The molecule has 0 saturated heterocycles. The highest BCUT2D eigenvalue weighted by Gasteiger charge is 2.10. The van der Waals surface area contributed by atoms with Crippen molar-refractivity contribution in [2.45, 2.75) is 6.54 Å². The highest BCUT2D eigenvalue weighted by Crippen LogP contribution is 1.97. The smallest absolute Gasteiger partial charge is 0.288 e. The average molecular weight is 221 g/mol. The Morgan fingerprint density at radius 2 is 2.50 bits per heavy atom. The maximum absolute atomic E-state index is 11.5. The Labute approximate surface area is 90.9 Å². The molecule has 8 nitrogen and oxygen atoms in total. The summed E-state index contributed by atoms with van der Waals surface area (Å²) >= 11 is 0. The van der Waals surface area contributed by atoms with E-state index in [2.05, 4.69) is 25.6 Å². The molecule has 0 aliphatic rings. The molecule has 0 aliphatic carbocycles. The van der Waals surface area contributed by atoms with Gasteiger partial charge in [-0.1, -0.05) is 0 Å². The normalized spacial score (nSPS) is 10.3. The van der Waals surface area contributed by atoms with E-state index < -0.39 is 0 Å². The van der Waals surface area contributed by atoms with Crippen LogP contribution in [0.3, 0.4) is 0 Å². The molecule has 1 amide bonds. The number of hydrogen-bond acceptors (Lipinski definition) is 5. The van der Waals surface area contributed by atoms with Crippen LogP contribution in [-0.2, 0) is 13.6 Å². The number of anilines is 1. The van der Waals surface area contributed by atoms with Crippen LogP contribution in [0.25, 0.3) is 0 Å². The quantitative estimate of drug-likeness (QED) is 0.618. The van der Waals surface area contributed by atoms with Crippen LogP contribution < -0.4 is 11.1 Å². The fraction of sp³-hybridized carbons (Fsp3) is 0.250. The second-order valence-electron chi connectivity index (χ2n) is 3.17. The van der Waals surface area contributed by atoms with Crippen molar-refractivity contribution in [1.82, 2.24) is 30.3 Å². The average Bonchev–Trinajstić information content (AvgIpc) is 2.84. The van der Waals surface area contributed by atoms with Crippen molar-refractivity contribution < 1.29 is 4.79 Å². The number of aromatic amines is 1. The van der Waals surface area contributed by atoms with Crippen LogP contribution in [-0.4, -0.2) is 30.9 Å². The van der Waals surface area contributed by atoms with Gasteiger partial charge in [0.2, 0.25) is 11.8 Å². The Balaban J connectivity index is 1.96. The number of H-pyrrole nitrogens is 1. The molecule has 2 rings (SSSR count). The third-order valence-electron chi connectivity index (χ3n) is 2.07. The van der Waals surface area contributed by atoms with Gasteiger partial charge in [-0.15, -0.1) is 5.10 Å². The standard InChI is InChI=1S/C8H11N7O/c1-15-5(2-3-11-15)4-10-7(16)6-12-8(9)14-13-6/h2-3H,4H2,1H3,(H,10,16)(H3,9,12,13,14). The van der Waals surface area contributed by atoms with E-state index in [1.54, 1.807) is 17.9 Å². The van der Waals surface area contributed by atoms with Crippen LogP contribution >= 0.6 is 0 Å². The largest absolute Gasteiger partial charge is 0.366 e. The van der Waals surface area contributed by atoms with Crippen LogP contribution in [0, 0.1) is 0 Å². The van der Waals surface area contributed by atoms with E-state index in [-0.39, 0.29) is 17.7 Å². The van der Waals surface area contributed by atoms with Crippen molar-refractivity contribution in [1.29, 1.82) is 0 Å². The molecule has 2 heterocycles. The van der Waals surface area contributed by atoms with Gasteiger partial charge in [-0.2, -0.15) is 10.1 Å². The topological polar surface area (TPSA) is 115 Å². The van der Waals surface area contributed by atoms with Crippen LogP contribution in [0.4, 0.5) is 5.95 Å². The van der Waals surface area contributed by atoms with Crippen LogP contribution in [0.1, 0.15) is 16.3 Å². The molecule has 2 aromatic heterocycles. The Morgan fingerprint density at radius 3 is 3.06 bits per heavy atom. The number of nitrogen functional groups attached to an aromatic ring is 1. The first-order chi connectivity index (χ1) is 7.66. The van der Waals surface area contributed by atoms with E-state index in [4.69, 9.17) is 5.73 Å². The Morgan fingerprint density at radius 1 is 1.69 bits per heavy atom. The number of hydrogen-bond donors (Lipinski definition) is 3. The van der Waals surface area contributed by atoms with Gasteiger partial charge in [0.25, 0.3) is 5.91 Å². The lowest BCUT2D eigenvalue weighted by atomic mass is 10.4. The predicted octanol–water partition coefficient (Wildman–Crippen LogP) is -0.950. The third-order valence-corrected chi connectivity index (χ3v) is 2.07. The number of amides is 1.